The Hall–Kier alpha value is -1.59. The van der Waals surface area contributed by atoms with Crippen LogP contribution in [0.5, 0.6) is 0 Å². The summed E-state index contributed by atoms with van der Waals surface area (Å²) in [6.07, 6.45) is 66.7. The van der Waals surface area contributed by atoms with Crippen LogP contribution in [0.15, 0.2) is 0 Å². The summed E-state index contributed by atoms with van der Waals surface area (Å²) in [6.45, 7) is 9.10. The largest absolute Gasteiger partial charge is 0.462 e. The van der Waals surface area contributed by atoms with E-state index in [-0.39, 0.29) is 31.1 Å². The molecule has 0 radical (unpaired) electrons. The number of unbranched alkanes of at least 4 members (excludes halogenated alkanes) is 47. The van der Waals surface area contributed by atoms with Gasteiger partial charge in [0.25, 0.3) is 0 Å². The van der Waals surface area contributed by atoms with Crippen molar-refractivity contribution in [1.29, 1.82) is 0 Å². The van der Waals surface area contributed by atoms with Crippen LogP contribution >= 0.6 is 0 Å². The van der Waals surface area contributed by atoms with Gasteiger partial charge in [-0.2, -0.15) is 0 Å². The number of ether oxygens (including phenoxy) is 3. The average Bonchev–Trinajstić information content (AvgIpc) is 3.36. The van der Waals surface area contributed by atoms with E-state index >= 15 is 0 Å². The van der Waals surface area contributed by atoms with E-state index in [9.17, 15) is 14.4 Å². The Balaban J connectivity index is 4.28. The molecule has 0 heterocycles. The van der Waals surface area contributed by atoms with Gasteiger partial charge in [-0.05, 0) is 25.2 Å². The smallest absolute Gasteiger partial charge is 0.306 e. The molecule has 0 aromatic carbocycles. The van der Waals surface area contributed by atoms with E-state index in [1.807, 2.05) is 0 Å². The Bertz CT molecular complexity index is 1070. The number of hydrogen-bond acceptors (Lipinski definition) is 6. The van der Waals surface area contributed by atoms with Gasteiger partial charge in [-0.3, -0.25) is 14.4 Å². The highest BCUT2D eigenvalue weighted by Crippen LogP contribution is 2.19. The fourth-order valence-corrected chi connectivity index (χ4v) is 10.2. The summed E-state index contributed by atoms with van der Waals surface area (Å²) in [5.74, 6) is 0.0231. The van der Waals surface area contributed by atoms with Crippen molar-refractivity contribution in [2.24, 2.45) is 5.92 Å². The second-order valence-corrected chi connectivity index (χ2v) is 22.9. The Morgan fingerprint density at radius 3 is 0.690 bits per heavy atom. The van der Waals surface area contributed by atoms with Gasteiger partial charge < -0.3 is 14.2 Å². The molecule has 6 heteroatoms. The van der Waals surface area contributed by atoms with Gasteiger partial charge in [0.2, 0.25) is 0 Å². The lowest BCUT2D eigenvalue weighted by atomic mass is 10.0. The summed E-state index contributed by atoms with van der Waals surface area (Å²) in [6, 6.07) is 0. The van der Waals surface area contributed by atoms with Gasteiger partial charge in [-0.1, -0.05) is 336 Å². The highest BCUT2D eigenvalue weighted by Gasteiger charge is 2.19. The first-order valence-corrected chi connectivity index (χ1v) is 32.4. The van der Waals surface area contributed by atoms with Gasteiger partial charge in [0.05, 0.1) is 0 Å². The van der Waals surface area contributed by atoms with Crippen LogP contribution in [0.25, 0.3) is 0 Å². The number of carbonyl (C=O) groups excluding carboxylic acids is 3. The van der Waals surface area contributed by atoms with E-state index < -0.39 is 6.10 Å². The van der Waals surface area contributed by atoms with Crippen molar-refractivity contribution in [3.05, 3.63) is 0 Å². The van der Waals surface area contributed by atoms with Crippen molar-refractivity contribution in [1.82, 2.24) is 0 Å². The van der Waals surface area contributed by atoms with Gasteiger partial charge in [-0.15, -0.1) is 0 Å². The van der Waals surface area contributed by atoms with Crippen molar-refractivity contribution in [3.8, 4) is 0 Å². The minimum absolute atomic E-state index is 0.0610. The molecule has 71 heavy (non-hydrogen) atoms. The lowest BCUT2D eigenvalue weighted by Gasteiger charge is -2.18. The molecule has 0 saturated heterocycles. The van der Waals surface area contributed by atoms with Crippen molar-refractivity contribution in [2.75, 3.05) is 13.2 Å². The molecule has 0 aromatic heterocycles. The highest BCUT2D eigenvalue weighted by atomic mass is 16.6. The summed E-state index contributed by atoms with van der Waals surface area (Å²) < 4.78 is 17.0. The van der Waals surface area contributed by atoms with Crippen LogP contribution in [0.2, 0.25) is 0 Å². The quantitative estimate of drug-likeness (QED) is 0.0343. The molecule has 0 unspecified atom stereocenters. The van der Waals surface area contributed by atoms with Crippen LogP contribution in [-0.4, -0.2) is 37.2 Å². The molecule has 422 valence electrons. The maximum absolute atomic E-state index is 12.9. The van der Waals surface area contributed by atoms with Crippen molar-refractivity contribution in [2.45, 2.75) is 381 Å². The van der Waals surface area contributed by atoms with Crippen LogP contribution in [0.3, 0.4) is 0 Å². The van der Waals surface area contributed by atoms with Crippen LogP contribution in [0.4, 0.5) is 0 Å². The topological polar surface area (TPSA) is 78.9 Å². The molecule has 0 amide bonds. The van der Waals surface area contributed by atoms with Crippen LogP contribution in [-0.2, 0) is 28.6 Å². The molecule has 0 saturated carbocycles. The first-order chi connectivity index (χ1) is 34.9. The lowest BCUT2D eigenvalue weighted by molar-refractivity contribution is -0.167. The molecule has 0 spiro atoms. The number of esters is 3. The lowest BCUT2D eigenvalue weighted by Crippen LogP contribution is -2.30. The molecular weight excluding hydrogens is 877 g/mol. The highest BCUT2D eigenvalue weighted by molar-refractivity contribution is 5.71. The summed E-state index contributed by atoms with van der Waals surface area (Å²) in [4.78, 5) is 38.3. The second kappa shape index (κ2) is 59.3. The van der Waals surface area contributed by atoms with Gasteiger partial charge >= 0.3 is 17.9 Å². The SMILES string of the molecule is CCCCCCCCCCCCCCCCCCCCC(=O)OC[C@@H](COC(=O)CCCCCCCCCCCCCCCCCC(C)C)OC(=O)CCCCCCCCCCCCCCCCCCC. The number of rotatable bonds is 60. The number of hydrogen-bond donors (Lipinski definition) is 0. The molecule has 0 fully saturated rings. The molecule has 0 aliphatic carbocycles. The zero-order chi connectivity index (χ0) is 51.6. The van der Waals surface area contributed by atoms with Crippen molar-refractivity contribution >= 4 is 17.9 Å². The molecule has 6 nitrogen and oxygen atoms in total. The monoisotopic (exact) mass is 1000 g/mol. The maximum Gasteiger partial charge on any atom is 0.306 e. The number of carbonyl (C=O) groups is 3. The predicted octanol–water partition coefficient (Wildman–Crippen LogP) is 21.7. The van der Waals surface area contributed by atoms with Crippen LogP contribution < -0.4 is 0 Å². The molecule has 0 aliphatic rings. The minimum atomic E-state index is -0.763. The van der Waals surface area contributed by atoms with Crippen molar-refractivity contribution in [3.63, 3.8) is 0 Å². The van der Waals surface area contributed by atoms with Gasteiger partial charge in [-0.25, -0.2) is 0 Å². The third kappa shape index (κ3) is 59.2. The predicted molar refractivity (Wildman–Crippen MR) is 307 cm³/mol. The summed E-state index contributed by atoms with van der Waals surface area (Å²) >= 11 is 0. The third-order valence-electron chi connectivity index (χ3n) is 15.0. The van der Waals surface area contributed by atoms with Crippen LogP contribution in [0, 0.1) is 5.92 Å². The first kappa shape index (κ1) is 69.4. The summed E-state index contributed by atoms with van der Waals surface area (Å²) in [5.41, 5.74) is 0. The van der Waals surface area contributed by atoms with E-state index in [0.29, 0.717) is 19.3 Å². The Kier molecular flexibility index (Phi) is 58.0. The average molecular weight is 1000 g/mol. The second-order valence-electron chi connectivity index (χ2n) is 22.9. The molecule has 0 rings (SSSR count). The third-order valence-corrected chi connectivity index (χ3v) is 15.0. The van der Waals surface area contributed by atoms with E-state index in [1.54, 1.807) is 0 Å². The zero-order valence-electron chi connectivity index (χ0n) is 48.7. The van der Waals surface area contributed by atoms with E-state index in [4.69, 9.17) is 14.2 Å². The molecule has 0 aliphatic heterocycles. The maximum atomic E-state index is 12.9. The first-order valence-electron chi connectivity index (χ1n) is 32.4. The van der Waals surface area contributed by atoms with Crippen molar-refractivity contribution < 1.29 is 28.6 Å². The zero-order valence-corrected chi connectivity index (χ0v) is 48.7. The standard InChI is InChI=1S/C65H126O6/c1-5-7-9-11-13-15-17-19-21-23-25-28-32-36-40-44-48-52-56-63(66)69-59-62(71-65(68)58-54-50-46-42-38-34-29-24-22-20-18-16-14-12-10-8-6-2)60-70-64(67)57-53-49-45-41-37-33-30-26-27-31-35-39-43-47-51-55-61(3)4/h61-62H,5-60H2,1-4H3/t62-/m0/s1. The molecule has 0 bridgehead atoms. The van der Waals surface area contributed by atoms with Gasteiger partial charge in [0, 0.05) is 19.3 Å². The Labute approximate surface area is 444 Å². The fraction of sp³-hybridized carbons (Fsp3) is 0.954. The molecular formula is C65H126O6. The summed E-state index contributed by atoms with van der Waals surface area (Å²) in [5, 5.41) is 0. The Morgan fingerprint density at radius 1 is 0.268 bits per heavy atom. The van der Waals surface area contributed by atoms with Gasteiger partial charge in [0.1, 0.15) is 13.2 Å². The molecule has 0 N–H and O–H groups in total. The minimum Gasteiger partial charge on any atom is -0.462 e. The fourth-order valence-electron chi connectivity index (χ4n) is 10.2. The molecule has 0 aromatic rings. The van der Waals surface area contributed by atoms with E-state index in [1.165, 1.54) is 270 Å². The van der Waals surface area contributed by atoms with E-state index in [2.05, 4.69) is 27.7 Å². The molecule has 1 atom stereocenters. The summed E-state index contributed by atoms with van der Waals surface area (Å²) in [7, 11) is 0. The normalized spacial score (nSPS) is 12.0. The van der Waals surface area contributed by atoms with Crippen LogP contribution in [0.1, 0.15) is 374 Å². The Morgan fingerprint density at radius 2 is 0.465 bits per heavy atom. The van der Waals surface area contributed by atoms with Gasteiger partial charge in [0.15, 0.2) is 6.10 Å². The van der Waals surface area contributed by atoms with E-state index in [0.717, 1.165) is 63.7 Å².